The molecule has 0 aliphatic rings. The summed E-state index contributed by atoms with van der Waals surface area (Å²) < 4.78 is 0. The lowest BCUT2D eigenvalue weighted by atomic mass is 10.4. The first-order valence-corrected chi connectivity index (χ1v) is 6.27. The Morgan fingerprint density at radius 1 is 1.64 bits per heavy atom. The second-order valence-electron chi connectivity index (χ2n) is 2.61. The standard InChI is InChI=1S/C10H12O2S2/c1-2-13-7-9-4-3-8(14-9)5-6-10(11)12/h3-6H,2,7H2,1H3,(H,11,12). The van der Waals surface area contributed by atoms with E-state index in [2.05, 4.69) is 13.0 Å². The van der Waals surface area contributed by atoms with Crippen LogP contribution in [0.1, 0.15) is 16.7 Å². The van der Waals surface area contributed by atoms with Gasteiger partial charge in [0, 0.05) is 21.6 Å². The van der Waals surface area contributed by atoms with Gasteiger partial charge in [-0.25, -0.2) is 4.79 Å². The summed E-state index contributed by atoms with van der Waals surface area (Å²) in [7, 11) is 0. The van der Waals surface area contributed by atoms with E-state index >= 15 is 0 Å². The van der Waals surface area contributed by atoms with Gasteiger partial charge in [0.15, 0.2) is 0 Å². The van der Waals surface area contributed by atoms with E-state index < -0.39 is 5.97 Å². The van der Waals surface area contributed by atoms with Gasteiger partial charge in [0.1, 0.15) is 0 Å². The molecule has 1 aromatic heterocycles. The molecule has 0 spiro atoms. The average Bonchev–Trinajstić information content (AvgIpc) is 2.59. The minimum Gasteiger partial charge on any atom is -0.478 e. The van der Waals surface area contributed by atoms with Gasteiger partial charge < -0.3 is 5.11 Å². The normalized spacial score (nSPS) is 10.9. The van der Waals surface area contributed by atoms with Gasteiger partial charge in [0.05, 0.1) is 0 Å². The highest BCUT2D eigenvalue weighted by molar-refractivity contribution is 7.98. The predicted octanol–water partition coefficient (Wildman–Crippen LogP) is 3.10. The van der Waals surface area contributed by atoms with Crippen molar-refractivity contribution in [3.05, 3.63) is 28.0 Å². The van der Waals surface area contributed by atoms with E-state index in [0.717, 1.165) is 16.4 Å². The van der Waals surface area contributed by atoms with Crippen LogP contribution >= 0.6 is 23.1 Å². The Morgan fingerprint density at radius 3 is 3.07 bits per heavy atom. The summed E-state index contributed by atoms with van der Waals surface area (Å²) in [6.07, 6.45) is 2.80. The molecule has 1 N–H and O–H groups in total. The molecule has 0 aromatic carbocycles. The highest BCUT2D eigenvalue weighted by atomic mass is 32.2. The van der Waals surface area contributed by atoms with Gasteiger partial charge in [-0.3, -0.25) is 0 Å². The number of carboxylic acid groups (broad SMARTS) is 1. The number of rotatable bonds is 5. The van der Waals surface area contributed by atoms with Crippen LogP contribution in [0, 0.1) is 0 Å². The monoisotopic (exact) mass is 228 g/mol. The number of hydrogen-bond acceptors (Lipinski definition) is 3. The summed E-state index contributed by atoms with van der Waals surface area (Å²) in [5.41, 5.74) is 0. The number of aliphatic carboxylic acids is 1. The molecule has 1 aromatic rings. The fraction of sp³-hybridized carbons (Fsp3) is 0.300. The SMILES string of the molecule is CCSCc1ccc(C=CC(=O)O)s1. The van der Waals surface area contributed by atoms with E-state index in [1.165, 1.54) is 11.0 Å². The van der Waals surface area contributed by atoms with Gasteiger partial charge in [0.25, 0.3) is 0 Å². The molecule has 0 fully saturated rings. The minimum absolute atomic E-state index is 0.900. The summed E-state index contributed by atoms with van der Waals surface area (Å²) in [4.78, 5) is 12.6. The molecule has 76 valence electrons. The zero-order chi connectivity index (χ0) is 10.4. The zero-order valence-electron chi connectivity index (χ0n) is 7.90. The Bertz CT molecular complexity index is 329. The molecule has 0 aliphatic heterocycles. The molecule has 1 rings (SSSR count). The van der Waals surface area contributed by atoms with Crippen LogP contribution in [0.4, 0.5) is 0 Å². The second kappa shape index (κ2) is 5.88. The average molecular weight is 228 g/mol. The van der Waals surface area contributed by atoms with E-state index in [-0.39, 0.29) is 0 Å². The van der Waals surface area contributed by atoms with Crippen molar-refractivity contribution in [3.63, 3.8) is 0 Å². The number of carbonyl (C=O) groups is 1. The topological polar surface area (TPSA) is 37.3 Å². The van der Waals surface area contributed by atoms with Crippen molar-refractivity contribution in [3.8, 4) is 0 Å². The van der Waals surface area contributed by atoms with Crippen LogP contribution < -0.4 is 0 Å². The highest BCUT2D eigenvalue weighted by Gasteiger charge is 1.97. The number of carboxylic acids is 1. The van der Waals surface area contributed by atoms with Gasteiger partial charge >= 0.3 is 5.97 Å². The van der Waals surface area contributed by atoms with Gasteiger partial charge in [-0.15, -0.1) is 11.3 Å². The Labute approximate surface area is 91.7 Å². The van der Waals surface area contributed by atoms with Crippen LogP contribution in [-0.2, 0) is 10.5 Å². The zero-order valence-corrected chi connectivity index (χ0v) is 9.53. The van der Waals surface area contributed by atoms with Gasteiger partial charge in [0.2, 0.25) is 0 Å². The lowest BCUT2D eigenvalue weighted by Gasteiger charge is -1.91. The Hall–Kier alpha value is -0.740. The molecule has 0 aliphatic carbocycles. The maximum absolute atomic E-state index is 10.3. The predicted molar refractivity (Wildman–Crippen MR) is 62.8 cm³/mol. The molecule has 0 saturated carbocycles. The summed E-state index contributed by atoms with van der Waals surface area (Å²) in [5.74, 6) is 1.23. The molecule has 0 unspecified atom stereocenters. The molecule has 0 radical (unpaired) electrons. The van der Waals surface area contributed by atoms with Crippen LogP contribution in [0.15, 0.2) is 18.2 Å². The molecule has 1 heterocycles. The van der Waals surface area contributed by atoms with Gasteiger partial charge in [-0.1, -0.05) is 6.92 Å². The molecule has 14 heavy (non-hydrogen) atoms. The Balaban J connectivity index is 2.54. The molecule has 2 nitrogen and oxygen atoms in total. The lowest BCUT2D eigenvalue weighted by Crippen LogP contribution is -1.84. The van der Waals surface area contributed by atoms with Gasteiger partial charge in [-0.05, 0) is 24.0 Å². The van der Waals surface area contributed by atoms with Crippen molar-refractivity contribution in [2.75, 3.05) is 5.75 Å². The molecule has 0 amide bonds. The summed E-state index contributed by atoms with van der Waals surface area (Å²) in [5, 5.41) is 8.44. The van der Waals surface area contributed by atoms with Crippen molar-refractivity contribution in [1.29, 1.82) is 0 Å². The summed E-state index contributed by atoms with van der Waals surface area (Å²) >= 11 is 3.51. The molecule has 4 heteroatoms. The van der Waals surface area contributed by atoms with Gasteiger partial charge in [-0.2, -0.15) is 11.8 Å². The van der Waals surface area contributed by atoms with E-state index in [1.807, 2.05) is 17.8 Å². The molecule has 0 atom stereocenters. The molecule has 0 saturated heterocycles. The van der Waals surface area contributed by atoms with Crippen molar-refractivity contribution < 1.29 is 9.90 Å². The molecule has 0 bridgehead atoms. The quantitative estimate of drug-likeness (QED) is 0.787. The first-order chi connectivity index (χ1) is 6.72. The number of hydrogen-bond donors (Lipinski definition) is 1. The minimum atomic E-state index is -0.900. The Kier molecular flexibility index (Phi) is 4.76. The first-order valence-electron chi connectivity index (χ1n) is 4.30. The van der Waals surface area contributed by atoms with Crippen LogP contribution in [0.3, 0.4) is 0 Å². The third-order valence-corrected chi connectivity index (χ3v) is 3.68. The third-order valence-electron chi connectivity index (χ3n) is 1.52. The number of thioether (sulfide) groups is 1. The van der Waals surface area contributed by atoms with E-state index in [4.69, 9.17) is 5.11 Å². The molecular weight excluding hydrogens is 216 g/mol. The molecular formula is C10H12O2S2. The lowest BCUT2D eigenvalue weighted by molar-refractivity contribution is -0.131. The van der Waals surface area contributed by atoms with Crippen molar-refractivity contribution in [2.45, 2.75) is 12.7 Å². The van der Waals surface area contributed by atoms with E-state index in [0.29, 0.717) is 0 Å². The Morgan fingerprint density at radius 2 is 2.43 bits per heavy atom. The maximum Gasteiger partial charge on any atom is 0.328 e. The van der Waals surface area contributed by atoms with E-state index in [1.54, 1.807) is 17.4 Å². The maximum atomic E-state index is 10.3. The second-order valence-corrected chi connectivity index (χ2v) is 5.09. The largest absolute Gasteiger partial charge is 0.478 e. The summed E-state index contributed by atoms with van der Waals surface area (Å²) in [6.45, 7) is 2.13. The fourth-order valence-corrected chi connectivity index (χ4v) is 2.62. The van der Waals surface area contributed by atoms with Crippen molar-refractivity contribution in [1.82, 2.24) is 0 Å². The highest BCUT2D eigenvalue weighted by Crippen LogP contribution is 2.22. The van der Waals surface area contributed by atoms with Crippen molar-refractivity contribution in [2.24, 2.45) is 0 Å². The van der Waals surface area contributed by atoms with E-state index in [9.17, 15) is 4.79 Å². The van der Waals surface area contributed by atoms with Crippen molar-refractivity contribution >= 4 is 35.1 Å². The first kappa shape index (κ1) is 11.3. The number of thiophene rings is 1. The third kappa shape index (κ3) is 3.98. The smallest absolute Gasteiger partial charge is 0.328 e. The van der Waals surface area contributed by atoms with Crippen LogP contribution in [-0.4, -0.2) is 16.8 Å². The van der Waals surface area contributed by atoms with Crippen LogP contribution in [0.25, 0.3) is 6.08 Å². The van der Waals surface area contributed by atoms with Crippen LogP contribution in [0.2, 0.25) is 0 Å². The van der Waals surface area contributed by atoms with Crippen LogP contribution in [0.5, 0.6) is 0 Å². The summed E-state index contributed by atoms with van der Waals surface area (Å²) in [6, 6.07) is 4.00. The fourth-order valence-electron chi connectivity index (χ4n) is 0.918.